The fourth-order valence-corrected chi connectivity index (χ4v) is 5.63. The van der Waals surface area contributed by atoms with Gasteiger partial charge in [0.2, 0.25) is 5.91 Å². The number of nitrogens with one attached hydrogen (secondary N) is 1. The summed E-state index contributed by atoms with van der Waals surface area (Å²) in [6, 6.07) is 2.06. The summed E-state index contributed by atoms with van der Waals surface area (Å²) >= 11 is 0. The standard InChI is InChI=1S/C26H43N5O2/c1-7-10-18-17-19(30(8-2)9-3)11-12-22(18)31-16-14-21(24(31)33)28-23(32)20-13-15-27-25(29-20)26(4,5)6/h13,15,18-19,21-22H,7-12,14,16-17H2,1-6H3,(H,28,32)/t18-,19+,21-,22-/m0/s1. The second-order valence-electron chi connectivity index (χ2n) is 10.7. The van der Waals surface area contributed by atoms with E-state index in [1.165, 1.54) is 0 Å². The molecular formula is C26H43N5O2. The largest absolute Gasteiger partial charge is 0.339 e. The monoisotopic (exact) mass is 457 g/mol. The van der Waals surface area contributed by atoms with Crippen molar-refractivity contribution in [3.8, 4) is 0 Å². The van der Waals surface area contributed by atoms with Crippen LogP contribution in [0, 0.1) is 5.92 Å². The first-order valence-corrected chi connectivity index (χ1v) is 12.9. The van der Waals surface area contributed by atoms with Crippen LogP contribution in [0.15, 0.2) is 12.3 Å². The molecule has 1 aliphatic carbocycles. The summed E-state index contributed by atoms with van der Waals surface area (Å²) in [6.45, 7) is 15.7. The van der Waals surface area contributed by atoms with Gasteiger partial charge in [0.25, 0.3) is 5.91 Å². The zero-order valence-electron chi connectivity index (χ0n) is 21.4. The Balaban J connectivity index is 1.66. The Hall–Kier alpha value is -2.02. The lowest BCUT2D eigenvalue weighted by molar-refractivity contribution is -0.133. The van der Waals surface area contributed by atoms with Gasteiger partial charge in [-0.3, -0.25) is 9.59 Å². The van der Waals surface area contributed by atoms with E-state index in [4.69, 9.17) is 0 Å². The Labute approximate surface area is 199 Å². The lowest BCUT2D eigenvalue weighted by atomic mass is 9.78. The van der Waals surface area contributed by atoms with Crippen LogP contribution in [0.3, 0.4) is 0 Å². The van der Waals surface area contributed by atoms with Crippen LogP contribution in [0.2, 0.25) is 0 Å². The maximum absolute atomic E-state index is 13.3. The van der Waals surface area contributed by atoms with Crippen LogP contribution in [0.4, 0.5) is 0 Å². The highest BCUT2D eigenvalue weighted by Crippen LogP contribution is 2.36. The zero-order valence-corrected chi connectivity index (χ0v) is 21.4. The first kappa shape index (κ1) is 25.6. The Morgan fingerprint density at radius 3 is 2.55 bits per heavy atom. The summed E-state index contributed by atoms with van der Waals surface area (Å²) < 4.78 is 0. The molecule has 0 bridgehead atoms. The van der Waals surface area contributed by atoms with Gasteiger partial charge in [-0.25, -0.2) is 9.97 Å². The summed E-state index contributed by atoms with van der Waals surface area (Å²) in [5.41, 5.74) is 0.0823. The van der Waals surface area contributed by atoms with Gasteiger partial charge in [0, 0.05) is 30.2 Å². The maximum Gasteiger partial charge on any atom is 0.270 e. The average Bonchev–Trinajstić information content (AvgIpc) is 3.14. The number of likely N-dealkylation sites (tertiary alicyclic amines) is 1. The highest BCUT2D eigenvalue weighted by atomic mass is 16.2. The predicted molar refractivity (Wildman–Crippen MR) is 131 cm³/mol. The molecule has 184 valence electrons. The third-order valence-corrected chi connectivity index (χ3v) is 7.41. The highest BCUT2D eigenvalue weighted by Gasteiger charge is 2.42. The van der Waals surface area contributed by atoms with Crippen LogP contribution in [0.25, 0.3) is 0 Å². The minimum absolute atomic E-state index is 0.0702. The van der Waals surface area contributed by atoms with Gasteiger partial charge in [-0.2, -0.15) is 0 Å². The molecule has 2 heterocycles. The van der Waals surface area contributed by atoms with Gasteiger partial charge in [-0.1, -0.05) is 48.0 Å². The second-order valence-corrected chi connectivity index (χ2v) is 10.7. The zero-order chi connectivity index (χ0) is 24.2. The Morgan fingerprint density at radius 1 is 1.18 bits per heavy atom. The molecule has 0 unspecified atom stereocenters. The van der Waals surface area contributed by atoms with Crippen molar-refractivity contribution >= 4 is 11.8 Å². The third-order valence-electron chi connectivity index (χ3n) is 7.41. The summed E-state index contributed by atoms with van der Waals surface area (Å²) in [5, 5.41) is 2.96. The van der Waals surface area contributed by atoms with Gasteiger partial charge in [-0.15, -0.1) is 0 Å². The first-order valence-electron chi connectivity index (χ1n) is 12.9. The molecule has 7 nitrogen and oxygen atoms in total. The molecule has 0 radical (unpaired) electrons. The number of carbonyl (C=O) groups is 2. The van der Waals surface area contributed by atoms with E-state index in [9.17, 15) is 9.59 Å². The molecule has 1 aromatic heterocycles. The molecule has 4 atom stereocenters. The van der Waals surface area contributed by atoms with E-state index in [0.717, 1.165) is 51.7 Å². The van der Waals surface area contributed by atoms with Gasteiger partial charge < -0.3 is 15.1 Å². The van der Waals surface area contributed by atoms with Crippen LogP contribution >= 0.6 is 0 Å². The summed E-state index contributed by atoms with van der Waals surface area (Å²) in [6.07, 6.45) is 7.93. The quantitative estimate of drug-likeness (QED) is 0.643. The van der Waals surface area contributed by atoms with Crippen LogP contribution in [0.1, 0.15) is 96.4 Å². The lowest BCUT2D eigenvalue weighted by Crippen LogP contribution is -2.51. The van der Waals surface area contributed by atoms with Crippen molar-refractivity contribution in [1.82, 2.24) is 25.1 Å². The number of amides is 2. The van der Waals surface area contributed by atoms with Crippen LogP contribution in [-0.4, -0.2) is 69.3 Å². The van der Waals surface area contributed by atoms with E-state index in [0.29, 0.717) is 29.9 Å². The van der Waals surface area contributed by atoms with E-state index in [1.807, 2.05) is 20.8 Å². The number of rotatable bonds is 8. The van der Waals surface area contributed by atoms with E-state index >= 15 is 0 Å². The number of hydrogen-bond donors (Lipinski definition) is 1. The van der Waals surface area contributed by atoms with Crippen molar-refractivity contribution in [3.05, 3.63) is 23.8 Å². The van der Waals surface area contributed by atoms with E-state index < -0.39 is 6.04 Å². The van der Waals surface area contributed by atoms with Crippen LogP contribution < -0.4 is 5.32 Å². The van der Waals surface area contributed by atoms with Gasteiger partial charge in [0.05, 0.1) is 0 Å². The molecule has 0 spiro atoms. The van der Waals surface area contributed by atoms with Gasteiger partial charge in [-0.05, 0) is 57.2 Å². The summed E-state index contributed by atoms with van der Waals surface area (Å²) in [4.78, 5) is 39.6. The Bertz CT molecular complexity index is 817. The number of nitrogens with zero attached hydrogens (tertiary/aromatic N) is 4. The molecule has 0 aromatic carbocycles. The SMILES string of the molecule is CCC[C@H]1C[C@H](N(CC)CC)CC[C@@H]1N1CC[C@H](NC(=O)c2ccnc(C(C)(C)C)n2)C1=O. The number of aromatic nitrogens is 2. The normalized spacial score (nSPS) is 26.2. The van der Waals surface area contributed by atoms with Crippen molar-refractivity contribution in [2.75, 3.05) is 19.6 Å². The summed E-state index contributed by atoms with van der Waals surface area (Å²) in [7, 11) is 0. The Morgan fingerprint density at radius 2 is 1.91 bits per heavy atom. The van der Waals surface area contributed by atoms with E-state index in [1.54, 1.807) is 12.3 Å². The highest BCUT2D eigenvalue weighted by molar-refractivity contribution is 5.96. The molecule has 1 saturated heterocycles. The first-order chi connectivity index (χ1) is 15.7. The van der Waals surface area contributed by atoms with Crippen molar-refractivity contribution in [1.29, 1.82) is 0 Å². The molecule has 7 heteroatoms. The van der Waals surface area contributed by atoms with Gasteiger partial charge in [0.1, 0.15) is 17.6 Å². The Kier molecular flexibility index (Phi) is 8.48. The predicted octanol–water partition coefficient (Wildman–Crippen LogP) is 3.78. The molecule has 2 amide bonds. The molecule has 1 aliphatic heterocycles. The minimum atomic E-state index is -0.465. The average molecular weight is 458 g/mol. The maximum atomic E-state index is 13.3. The molecule has 1 aromatic rings. The van der Waals surface area contributed by atoms with Crippen molar-refractivity contribution in [3.63, 3.8) is 0 Å². The molecular weight excluding hydrogens is 414 g/mol. The third kappa shape index (κ3) is 5.92. The summed E-state index contributed by atoms with van der Waals surface area (Å²) in [5.74, 6) is 0.935. The molecule has 2 aliphatic rings. The van der Waals surface area contributed by atoms with Crippen LogP contribution in [-0.2, 0) is 10.2 Å². The fourth-order valence-electron chi connectivity index (χ4n) is 5.63. The topological polar surface area (TPSA) is 78.4 Å². The number of hydrogen-bond acceptors (Lipinski definition) is 5. The molecule has 2 fully saturated rings. The molecule has 1 N–H and O–H groups in total. The lowest BCUT2D eigenvalue weighted by Gasteiger charge is -2.44. The number of carbonyl (C=O) groups excluding carboxylic acids is 2. The minimum Gasteiger partial charge on any atom is -0.339 e. The second kappa shape index (κ2) is 10.9. The van der Waals surface area contributed by atoms with Crippen molar-refractivity contribution in [2.24, 2.45) is 5.92 Å². The van der Waals surface area contributed by atoms with E-state index in [2.05, 4.69) is 45.9 Å². The van der Waals surface area contributed by atoms with E-state index in [-0.39, 0.29) is 23.3 Å². The van der Waals surface area contributed by atoms with Crippen molar-refractivity contribution < 1.29 is 9.59 Å². The van der Waals surface area contributed by atoms with Crippen molar-refractivity contribution in [2.45, 2.75) is 104 Å². The molecule has 3 rings (SSSR count). The van der Waals surface area contributed by atoms with Crippen LogP contribution in [0.5, 0.6) is 0 Å². The molecule has 33 heavy (non-hydrogen) atoms. The smallest absolute Gasteiger partial charge is 0.270 e. The fraction of sp³-hybridized carbons (Fsp3) is 0.769. The van der Waals surface area contributed by atoms with Gasteiger partial charge >= 0.3 is 0 Å². The molecule has 1 saturated carbocycles. The van der Waals surface area contributed by atoms with Gasteiger partial charge in [0.15, 0.2) is 0 Å².